The number of nitrogens with two attached hydrogens (primary N) is 1. The first-order chi connectivity index (χ1) is 9.70. The van der Waals surface area contributed by atoms with E-state index >= 15 is 0 Å². The summed E-state index contributed by atoms with van der Waals surface area (Å²) < 4.78 is 0. The molecule has 0 saturated carbocycles. The highest BCUT2D eigenvalue weighted by Crippen LogP contribution is 2.38. The Morgan fingerprint density at radius 3 is 2.95 bits per heavy atom. The molecule has 4 nitrogen and oxygen atoms in total. The molecule has 1 unspecified atom stereocenters. The zero-order chi connectivity index (χ0) is 14.1. The molecule has 1 atom stereocenters. The Morgan fingerprint density at radius 1 is 1.35 bits per heavy atom. The second-order valence-electron chi connectivity index (χ2n) is 5.45. The van der Waals surface area contributed by atoms with Crippen LogP contribution < -0.4 is 10.6 Å². The smallest absolute Gasteiger partial charge is 0.225 e. The Morgan fingerprint density at radius 2 is 2.15 bits per heavy atom. The molecule has 0 amide bonds. The normalized spacial score (nSPS) is 16.4. The molecule has 2 N–H and O–H groups in total. The lowest BCUT2D eigenvalue weighted by Gasteiger charge is -2.25. The van der Waals surface area contributed by atoms with Crippen molar-refractivity contribution in [3.05, 3.63) is 41.6 Å². The summed E-state index contributed by atoms with van der Waals surface area (Å²) in [5.74, 6) is 1.27. The van der Waals surface area contributed by atoms with Gasteiger partial charge in [0.05, 0.1) is 5.69 Å². The number of rotatable bonds is 3. The SMILES string of the molecule is CC1Cc2cnc(N(C)CCN)nc2-c2ccccc21. The van der Waals surface area contributed by atoms with Crippen LogP contribution in [0.1, 0.15) is 24.0 Å². The Bertz CT molecular complexity index is 624. The zero-order valence-corrected chi connectivity index (χ0v) is 12.0. The van der Waals surface area contributed by atoms with Gasteiger partial charge in [-0.2, -0.15) is 0 Å². The minimum Gasteiger partial charge on any atom is -0.343 e. The minimum atomic E-state index is 0.523. The van der Waals surface area contributed by atoms with Crippen molar-refractivity contribution in [2.75, 3.05) is 25.0 Å². The number of fused-ring (bicyclic) bond motifs is 3. The fourth-order valence-corrected chi connectivity index (χ4v) is 2.84. The molecule has 1 aliphatic carbocycles. The molecule has 0 bridgehead atoms. The number of aromatic nitrogens is 2. The number of anilines is 1. The number of hydrogen-bond acceptors (Lipinski definition) is 4. The Kier molecular flexibility index (Phi) is 3.40. The second kappa shape index (κ2) is 5.21. The van der Waals surface area contributed by atoms with Gasteiger partial charge in [0, 0.05) is 31.9 Å². The van der Waals surface area contributed by atoms with E-state index in [0.717, 1.165) is 24.6 Å². The van der Waals surface area contributed by atoms with E-state index < -0.39 is 0 Å². The van der Waals surface area contributed by atoms with Gasteiger partial charge in [-0.25, -0.2) is 9.97 Å². The molecule has 104 valence electrons. The molecule has 4 heteroatoms. The maximum absolute atomic E-state index is 5.60. The van der Waals surface area contributed by atoms with E-state index in [9.17, 15) is 0 Å². The van der Waals surface area contributed by atoms with E-state index in [1.807, 2.05) is 18.1 Å². The van der Waals surface area contributed by atoms with Gasteiger partial charge >= 0.3 is 0 Å². The van der Waals surface area contributed by atoms with E-state index in [1.165, 1.54) is 16.7 Å². The van der Waals surface area contributed by atoms with Gasteiger partial charge in [-0.15, -0.1) is 0 Å². The second-order valence-corrected chi connectivity index (χ2v) is 5.45. The fraction of sp³-hybridized carbons (Fsp3) is 0.375. The molecule has 2 aromatic rings. The summed E-state index contributed by atoms with van der Waals surface area (Å²) in [4.78, 5) is 11.2. The van der Waals surface area contributed by atoms with Gasteiger partial charge in [0.2, 0.25) is 5.95 Å². The summed E-state index contributed by atoms with van der Waals surface area (Å²) in [6.45, 7) is 3.62. The van der Waals surface area contributed by atoms with Crippen LogP contribution in [0.15, 0.2) is 30.5 Å². The van der Waals surface area contributed by atoms with Gasteiger partial charge in [0.1, 0.15) is 0 Å². The van der Waals surface area contributed by atoms with E-state index in [0.29, 0.717) is 12.5 Å². The van der Waals surface area contributed by atoms with E-state index in [1.54, 1.807) is 0 Å². The van der Waals surface area contributed by atoms with Crippen LogP contribution in [-0.4, -0.2) is 30.1 Å². The Labute approximate surface area is 119 Å². The summed E-state index contributed by atoms with van der Waals surface area (Å²) in [6, 6.07) is 8.53. The standard InChI is InChI=1S/C16H20N4/c1-11-9-12-10-18-16(20(2)8-7-17)19-15(12)14-6-4-3-5-13(11)14/h3-6,10-11H,7-9,17H2,1-2H3. The van der Waals surface area contributed by atoms with E-state index in [2.05, 4.69) is 36.2 Å². The van der Waals surface area contributed by atoms with Crippen molar-refractivity contribution in [3.8, 4) is 11.3 Å². The molecule has 1 heterocycles. The molecule has 1 aromatic heterocycles. The first kappa shape index (κ1) is 13.1. The highest BCUT2D eigenvalue weighted by atomic mass is 15.2. The molecule has 20 heavy (non-hydrogen) atoms. The average Bonchev–Trinajstić information content (AvgIpc) is 2.47. The van der Waals surface area contributed by atoms with Gasteiger partial charge in [-0.05, 0) is 23.5 Å². The zero-order valence-electron chi connectivity index (χ0n) is 12.0. The van der Waals surface area contributed by atoms with Crippen LogP contribution in [0.3, 0.4) is 0 Å². The van der Waals surface area contributed by atoms with E-state index in [-0.39, 0.29) is 0 Å². The number of hydrogen-bond donors (Lipinski definition) is 1. The van der Waals surface area contributed by atoms with Gasteiger partial charge < -0.3 is 10.6 Å². The van der Waals surface area contributed by atoms with Crippen LogP contribution in [0.5, 0.6) is 0 Å². The first-order valence-electron chi connectivity index (χ1n) is 7.07. The van der Waals surface area contributed by atoms with Crippen LogP contribution >= 0.6 is 0 Å². The third-order valence-electron chi connectivity index (χ3n) is 3.93. The van der Waals surface area contributed by atoms with Crippen molar-refractivity contribution in [1.82, 2.24) is 9.97 Å². The maximum Gasteiger partial charge on any atom is 0.225 e. The third-order valence-corrected chi connectivity index (χ3v) is 3.93. The molecular weight excluding hydrogens is 248 g/mol. The third kappa shape index (κ3) is 2.16. The molecule has 1 aromatic carbocycles. The monoisotopic (exact) mass is 268 g/mol. The largest absolute Gasteiger partial charge is 0.343 e. The highest BCUT2D eigenvalue weighted by molar-refractivity contribution is 5.71. The maximum atomic E-state index is 5.60. The molecule has 0 fully saturated rings. The number of likely N-dealkylation sites (N-methyl/N-ethyl adjacent to an activating group) is 1. The lowest BCUT2D eigenvalue weighted by Crippen LogP contribution is -2.27. The highest BCUT2D eigenvalue weighted by Gasteiger charge is 2.23. The van der Waals surface area contributed by atoms with Crippen molar-refractivity contribution in [1.29, 1.82) is 0 Å². The predicted octanol–water partition coefficient (Wildman–Crippen LogP) is 2.20. The summed E-state index contributed by atoms with van der Waals surface area (Å²) in [6.07, 6.45) is 2.98. The number of nitrogens with zero attached hydrogens (tertiary/aromatic N) is 3. The van der Waals surface area contributed by atoms with Crippen LogP contribution in [0.4, 0.5) is 5.95 Å². The van der Waals surface area contributed by atoms with Crippen molar-refractivity contribution in [2.24, 2.45) is 5.73 Å². The topological polar surface area (TPSA) is 55.0 Å². The summed E-state index contributed by atoms with van der Waals surface area (Å²) in [5, 5.41) is 0. The molecule has 1 aliphatic rings. The molecule has 0 saturated heterocycles. The summed E-state index contributed by atoms with van der Waals surface area (Å²) >= 11 is 0. The molecule has 0 spiro atoms. The fourth-order valence-electron chi connectivity index (χ4n) is 2.84. The Hall–Kier alpha value is -1.94. The lowest BCUT2D eigenvalue weighted by molar-refractivity contribution is 0.736. The predicted molar refractivity (Wildman–Crippen MR) is 81.9 cm³/mol. The van der Waals surface area contributed by atoms with Crippen LogP contribution in [0.2, 0.25) is 0 Å². The van der Waals surface area contributed by atoms with Crippen molar-refractivity contribution in [2.45, 2.75) is 19.3 Å². The lowest BCUT2D eigenvalue weighted by atomic mass is 9.83. The Balaban J connectivity index is 2.08. The summed E-state index contributed by atoms with van der Waals surface area (Å²) in [7, 11) is 1.98. The first-order valence-corrected chi connectivity index (χ1v) is 7.07. The van der Waals surface area contributed by atoms with Gasteiger partial charge in [0.25, 0.3) is 0 Å². The quantitative estimate of drug-likeness (QED) is 0.927. The van der Waals surface area contributed by atoms with Crippen molar-refractivity contribution < 1.29 is 0 Å². The number of benzene rings is 1. The van der Waals surface area contributed by atoms with Gasteiger partial charge in [-0.3, -0.25) is 0 Å². The summed E-state index contributed by atoms with van der Waals surface area (Å²) in [5.41, 5.74) is 10.5. The average molecular weight is 268 g/mol. The van der Waals surface area contributed by atoms with Gasteiger partial charge in [0.15, 0.2) is 0 Å². The minimum absolute atomic E-state index is 0.523. The molecule has 0 radical (unpaired) electrons. The van der Waals surface area contributed by atoms with Gasteiger partial charge in [-0.1, -0.05) is 31.2 Å². The molecule has 0 aliphatic heterocycles. The molecular formula is C16H20N4. The molecule has 3 rings (SSSR count). The van der Waals surface area contributed by atoms with Crippen molar-refractivity contribution >= 4 is 5.95 Å². The van der Waals surface area contributed by atoms with Crippen molar-refractivity contribution in [3.63, 3.8) is 0 Å². The van der Waals surface area contributed by atoms with Crippen LogP contribution in [0, 0.1) is 0 Å². The van der Waals surface area contributed by atoms with Crippen LogP contribution in [-0.2, 0) is 6.42 Å². The van der Waals surface area contributed by atoms with E-state index in [4.69, 9.17) is 10.7 Å². The van der Waals surface area contributed by atoms with Crippen LogP contribution in [0.25, 0.3) is 11.3 Å².